The summed E-state index contributed by atoms with van der Waals surface area (Å²) in [6, 6.07) is 0. The molecule has 0 aromatic carbocycles. The fourth-order valence-electron chi connectivity index (χ4n) is 7.36. The molecule has 0 aromatic rings. The van der Waals surface area contributed by atoms with E-state index in [-0.39, 0.29) is 42.6 Å². The largest absolute Gasteiger partial charge is 0.455 e. The third kappa shape index (κ3) is 14.7. The molecule has 8 nitrogen and oxygen atoms in total. The summed E-state index contributed by atoms with van der Waals surface area (Å²) >= 11 is 0. The molecule has 0 saturated carbocycles. The van der Waals surface area contributed by atoms with Crippen LogP contribution in [0.2, 0.25) is 0 Å². The summed E-state index contributed by atoms with van der Waals surface area (Å²) in [4.78, 5) is 11.7. The van der Waals surface area contributed by atoms with Gasteiger partial charge >= 0.3 is 5.97 Å². The molecule has 2 saturated heterocycles. The third-order valence-electron chi connectivity index (χ3n) is 10.1. The molecule has 8 heteroatoms. The molecule has 9 atom stereocenters. The monoisotopic (exact) mass is 638 g/mol. The Morgan fingerprint density at radius 1 is 0.644 bits per heavy atom. The Balaban J connectivity index is 1.13. The Kier molecular flexibility index (Phi) is 18.6. The van der Waals surface area contributed by atoms with Crippen LogP contribution in [0.5, 0.6) is 0 Å². The van der Waals surface area contributed by atoms with E-state index in [0.717, 1.165) is 116 Å². The molecule has 0 amide bonds. The Morgan fingerprint density at radius 3 is 1.53 bits per heavy atom. The minimum Gasteiger partial charge on any atom is -0.455 e. The van der Waals surface area contributed by atoms with Gasteiger partial charge in [0.1, 0.15) is 6.10 Å². The molecule has 3 rings (SSSR count). The second-order valence-electron chi connectivity index (χ2n) is 14.2. The van der Waals surface area contributed by atoms with E-state index in [1.54, 1.807) is 0 Å². The summed E-state index contributed by atoms with van der Waals surface area (Å²) < 4.78 is 17.6. The highest BCUT2D eigenvalue weighted by atomic mass is 16.6. The van der Waals surface area contributed by atoms with E-state index < -0.39 is 18.3 Å². The Morgan fingerprint density at radius 2 is 1.09 bits per heavy atom. The van der Waals surface area contributed by atoms with Crippen LogP contribution in [0.25, 0.3) is 0 Å². The number of aliphatic hydroxyl groups is 4. The maximum Gasteiger partial charge on any atom is 0.334 e. The van der Waals surface area contributed by atoms with Crippen molar-refractivity contribution in [2.24, 2.45) is 0 Å². The lowest BCUT2D eigenvalue weighted by Crippen LogP contribution is -2.33. The zero-order valence-electron chi connectivity index (χ0n) is 28.5. The summed E-state index contributed by atoms with van der Waals surface area (Å²) in [7, 11) is 0. The average molecular weight is 639 g/mol. The predicted octanol–water partition coefficient (Wildman–Crippen LogP) is 6.83. The van der Waals surface area contributed by atoms with Gasteiger partial charge in [0, 0.05) is 12.0 Å². The molecular formula is C37H66O8. The normalized spacial score (nSPS) is 27.8. The van der Waals surface area contributed by atoms with E-state index in [1.165, 1.54) is 25.7 Å². The first kappa shape index (κ1) is 38.4. The van der Waals surface area contributed by atoms with Gasteiger partial charge in [0.15, 0.2) is 0 Å². The van der Waals surface area contributed by atoms with Crippen LogP contribution >= 0.6 is 0 Å². The van der Waals surface area contributed by atoms with Gasteiger partial charge < -0.3 is 34.6 Å². The molecule has 0 aliphatic carbocycles. The van der Waals surface area contributed by atoms with Gasteiger partial charge in [0.25, 0.3) is 0 Å². The van der Waals surface area contributed by atoms with Gasteiger partial charge in [-0.2, -0.15) is 0 Å². The van der Waals surface area contributed by atoms with Crippen LogP contribution in [0.4, 0.5) is 0 Å². The fourth-order valence-corrected chi connectivity index (χ4v) is 7.36. The molecule has 0 bridgehead atoms. The Bertz CT molecular complexity index is 833. The van der Waals surface area contributed by atoms with Crippen LogP contribution in [-0.4, -0.2) is 81.3 Å². The van der Waals surface area contributed by atoms with Crippen molar-refractivity contribution in [3.63, 3.8) is 0 Å². The molecule has 2 fully saturated rings. The van der Waals surface area contributed by atoms with Crippen molar-refractivity contribution in [2.45, 2.75) is 216 Å². The quantitative estimate of drug-likeness (QED) is 0.0634. The lowest BCUT2D eigenvalue weighted by Gasteiger charge is -2.24. The molecule has 4 N–H and O–H groups in total. The van der Waals surface area contributed by atoms with Crippen molar-refractivity contribution < 1.29 is 39.4 Å². The van der Waals surface area contributed by atoms with Crippen molar-refractivity contribution in [3.8, 4) is 0 Å². The highest BCUT2D eigenvalue weighted by Gasteiger charge is 2.40. The number of carbonyl (C=O) groups excluding carboxylic acids is 1. The van der Waals surface area contributed by atoms with Crippen LogP contribution in [0.3, 0.4) is 0 Å². The summed E-state index contributed by atoms with van der Waals surface area (Å²) in [5.41, 5.74) is 0.612. The summed E-state index contributed by atoms with van der Waals surface area (Å²) in [6.07, 6.45) is 22.3. The van der Waals surface area contributed by atoms with Crippen LogP contribution in [0, 0.1) is 0 Å². The first-order valence-corrected chi connectivity index (χ1v) is 18.7. The van der Waals surface area contributed by atoms with E-state index in [9.17, 15) is 25.2 Å². The molecule has 3 heterocycles. The van der Waals surface area contributed by atoms with E-state index in [1.807, 2.05) is 13.0 Å². The molecule has 3 aliphatic rings. The SMILES string of the molecule is CCC[C@H](O)CCCCCC[C@H](O)[C@H]1CC[C@H]([C@H]2CC[C@H](C(O)CCCCCCCCCCC(O)CC3=C[C@H](C)OC3=O)O2)O1. The zero-order chi connectivity index (χ0) is 32.4. The standard InChI is InChI=1S/C37H66O8/c1-3-16-29(38)17-12-10-11-15-20-32(41)34-22-24-36(45-34)35-23-21-33(44-35)31(40)19-14-9-7-5-4-6-8-13-18-30(39)26-28-25-27(2)43-37(28)42/h25,27,29-36,38-41H,3-24,26H2,1-2H3/t27-,29-,30?,31?,32-,33+,34+,35+,36+/m0/s1. The average Bonchev–Trinajstić information content (AvgIpc) is 3.76. The minimum absolute atomic E-state index is 0.0254. The van der Waals surface area contributed by atoms with Crippen molar-refractivity contribution in [3.05, 3.63) is 11.6 Å². The summed E-state index contributed by atoms with van der Waals surface area (Å²) in [6.45, 7) is 3.94. The van der Waals surface area contributed by atoms with Gasteiger partial charge in [0.05, 0.1) is 48.8 Å². The highest BCUT2D eigenvalue weighted by molar-refractivity contribution is 5.90. The Hall–Kier alpha value is -1.03. The lowest BCUT2D eigenvalue weighted by atomic mass is 10.00. The maximum atomic E-state index is 11.7. The predicted molar refractivity (Wildman–Crippen MR) is 177 cm³/mol. The van der Waals surface area contributed by atoms with E-state index in [2.05, 4.69) is 6.92 Å². The van der Waals surface area contributed by atoms with E-state index >= 15 is 0 Å². The molecule has 2 unspecified atom stereocenters. The first-order chi connectivity index (χ1) is 21.8. The topological polar surface area (TPSA) is 126 Å². The van der Waals surface area contributed by atoms with Crippen LogP contribution in [-0.2, 0) is 19.0 Å². The number of carbonyl (C=O) groups is 1. The first-order valence-electron chi connectivity index (χ1n) is 18.7. The number of rotatable bonds is 25. The van der Waals surface area contributed by atoms with E-state index in [4.69, 9.17) is 14.2 Å². The molecule has 45 heavy (non-hydrogen) atoms. The maximum absolute atomic E-state index is 11.7. The molecule has 262 valence electrons. The van der Waals surface area contributed by atoms with Crippen molar-refractivity contribution in [1.29, 1.82) is 0 Å². The number of cyclic esters (lactones) is 1. The third-order valence-corrected chi connectivity index (χ3v) is 10.1. The lowest BCUT2D eigenvalue weighted by molar-refractivity contribution is -0.139. The van der Waals surface area contributed by atoms with Crippen molar-refractivity contribution in [1.82, 2.24) is 0 Å². The fraction of sp³-hybridized carbons (Fsp3) is 0.919. The van der Waals surface area contributed by atoms with Crippen molar-refractivity contribution >= 4 is 5.97 Å². The second kappa shape index (κ2) is 21.8. The summed E-state index contributed by atoms with van der Waals surface area (Å²) in [5.74, 6) is -0.285. The number of aliphatic hydroxyl groups excluding tert-OH is 4. The smallest absolute Gasteiger partial charge is 0.334 e. The number of hydrogen-bond acceptors (Lipinski definition) is 8. The van der Waals surface area contributed by atoms with Gasteiger partial charge in [-0.1, -0.05) is 90.4 Å². The number of esters is 1. The van der Waals surface area contributed by atoms with Gasteiger partial charge in [0.2, 0.25) is 0 Å². The highest BCUT2D eigenvalue weighted by Crippen LogP contribution is 2.34. The number of ether oxygens (including phenoxy) is 3. The van der Waals surface area contributed by atoms with Gasteiger partial charge in [-0.25, -0.2) is 4.79 Å². The molecule has 0 spiro atoms. The van der Waals surface area contributed by atoms with Crippen molar-refractivity contribution in [2.75, 3.05) is 0 Å². The van der Waals surface area contributed by atoms with Gasteiger partial charge in [-0.05, 0) is 70.8 Å². The van der Waals surface area contributed by atoms with Crippen LogP contribution in [0.15, 0.2) is 11.6 Å². The zero-order valence-corrected chi connectivity index (χ0v) is 28.5. The van der Waals surface area contributed by atoms with Gasteiger partial charge in [-0.3, -0.25) is 0 Å². The molecular weight excluding hydrogens is 572 g/mol. The molecule has 0 aromatic heterocycles. The second-order valence-corrected chi connectivity index (χ2v) is 14.2. The summed E-state index contributed by atoms with van der Waals surface area (Å²) in [5, 5.41) is 41.5. The number of unbranched alkanes of at least 4 members (excludes halogenated alkanes) is 10. The van der Waals surface area contributed by atoms with E-state index in [0.29, 0.717) is 12.0 Å². The number of hydrogen-bond donors (Lipinski definition) is 4. The van der Waals surface area contributed by atoms with Crippen LogP contribution < -0.4 is 0 Å². The van der Waals surface area contributed by atoms with Gasteiger partial charge in [-0.15, -0.1) is 0 Å². The molecule has 0 radical (unpaired) electrons. The van der Waals surface area contributed by atoms with Crippen LogP contribution in [0.1, 0.15) is 162 Å². The molecule has 3 aliphatic heterocycles. The Labute approximate surface area is 273 Å². The minimum atomic E-state index is -0.470.